The molecule has 152 valence electrons. The van der Waals surface area contributed by atoms with E-state index in [4.69, 9.17) is 9.47 Å². The van der Waals surface area contributed by atoms with Crippen molar-refractivity contribution in [2.75, 3.05) is 7.11 Å². The first-order valence-corrected chi connectivity index (χ1v) is 9.25. The van der Waals surface area contributed by atoms with Gasteiger partial charge in [0.1, 0.15) is 11.5 Å². The fourth-order valence-electron chi connectivity index (χ4n) is 3.70. The minimum Gasteiger partial charge on any atom is -0.468 e. The molecular weight excluding hydrogens is 360 g/mol. The molecule has 0 aromatic heterocycles. The quantitative estimate of drug-likeness (QED) is 0.675. The summed E-state index contributed by atoms with van der Waals surface area (Å²) in [6, 6.07) is 0. The van der Waals surface area contributed by atoms with Gasteiger partial charge < -0.3 is 9.47 Å². The number of allylic oxidation sites excluding steroid dienone is 2. The van der Waals surface area contributed by atoms with Crippen LogP contribution in [0, 0.1) is 11.8 Å². The summed E-state index contributed by atoms with van der Waals surface area (Å²) in [5, 5.41) is 0. The van der Waals surface area contributed by atoms with Crippen molar-refractivity contribution < 1.29 is 23.9 Å². The Morgan fingerprint density at radius 2 is 1.86 bits per heavy atom. The largest absolute Gasteiger partial charge is 0.468 e. The lowest BCUT2D eigenvalue weighted by Crippen LogP contribution is -2.44. The van der Waals surface area contributed by atoms with E-state index in [-0.39, 0.29) is 12.2 Å². The first-order valence-electron chi connectivity index (χ1n) is 9.25. The van der Waals surface area contributed by atoms with Crippen LogP contribution in [0.3, 0.4) is 0 Å². The number of ether oxygens (including phenoxy) is 2. The fourth-order valence-corrected chi connectivity index (χ4v) is 3.70. The van der Waals surface area contributed by atoms with Gasteiger partial charge in [-0.25, -0.2) is 0 Å². The maximum atomic E-state index is 13.6. The summed E-state index contributed by atoms with van der Waals surface area (Å²) in [4.78, 5) is 47.0. The predicted molar refractivity (Wildman–Crippen MR) is 106 cm³/mol. The van der Waals surface area contributed by atoms with E-state index >= 15 is 0 Å². The molecule has 0 aliphatic carbocycles. The molecule has 3 unspecified atom stereocenters. The van der Waals surface area contributed by atoms with Gasteiger partial charge in [-0.2, -0.15) is 0 Å². The fraction of sp³-hybridized carbons (Fsp3) is 0.571. The molecule has 0 aromatic carbocycles. The molecule has 0 radical (unpaired) electrons. The van der Waals surface area contributed by atoms with Gasteiger partial charge in [-0.15, -0.1) is 0 Å². The van der Waals surface area contributed by atoms with Crippen molar-refractivity contribution in [3.8, 4) is 0 Å². The topological polar surface area (TPSA) is 94.4 Å². The van der Waals surface area contributed by atoms with Gasteiger partial charge in [-0.3, -0.25) is 24.4 Å². The molecule has 28 heavy (non-hydrogen) atoms. The highest BCUT2D eigenvalue weighted by atomic mass is 16.6. The Morgan fingerprint density at radius 3 is 2.36 bits per heavy atom. The van der Waals surface area contributed by atoms with E-state index in [0.717, 1.165) is 0 Å². The second-order valence-electron chi connectivity index (χ2n) is 8.20. The molecule has 7 nitrogen and oxygen atoms in total. The summed E-state index contributed by atoms with van der Waals surface area (Å²) >= 11 is 0. The number of ketones is 1. The Hall–Kier alpha value is -2.57. The maximum absolute atomic E-state index is 13.6. The molecule has 2 aliphatic rings. The number of esters is 2. The van der Waals surface area contributed by atoms with E-state index in [0.29, 0.717) is 17.0 Å². The molecular formula is C21H28N2O5. The molecule has 2 heterocycles. The molecule has 0 saturated carbocycles. The van der Waals surface area contributed by atoms with Gasteiger partial charge in [0.05, 0.1) is 13.5 Å². The van der Waals surface area contributed by atoms with Crippen LogP contribution in [0.1, 0.15) is 48.0 Å². The number of nitrogens with zero attached hydrogens (tertiary/aromatic N) is 2. The zero-order valence-electron chi connectivity index (χ0n) is 17.5. The molecule has 0 bridgehead atoms. The number of methoxy groups -OCH3 is 1. The third kappa shape index (κ3) is 4.29. The zero-order chi connectivity index (χ0) is 21.3. The van der Waals surface area contributed by atoms with E-state index in [1.165, 1.54) is 13.3 Å². The smallest absolute Gasteiger partial charge is 0.315 e. The second-order valence-corrected chi connectivity index (χ2v) is 8.20. The third-order valence-corrected chi connectivity index (χ3v) is 4.83. The van der Waals surface area contributed by atoms with Crippen LogP contribution in [0.25, 0.3) is 0 Å². The molecule has 3 atom stereocenters. The lowest BCUT2D eigenvalue weighted by molar-refractivity contribution is -0.156. The number of Topliss-reactive ketones (excluding diaryl/α,β-unsaturated/α-hetero) is 1. The van der Waals surface area contributed by atoms with Crippen LogP contribution in [0.4, 0.5) is 0 Å². The van der Waals surface area contributed by atoms with Gasteiger partial charge in [0.25, 0.3) is 0 Å². The van der Waals surface area contributed by atoms with E-state index < -0.39 is 34.9 Å². The third-order valence-electron chi connectivity index (χ3n) is 4.83. The first kappa shape index (κ1) is 21.7. The molecule has 0 N–H and O–H groups in total. The Morgan fingerprint density at radius 1 is 1.21 bits per heavy atom. The van der Waals surface area contributed by atoms with E-state index in [9.17, 15) is 14.4 Å². The number of hydrogen-bond acceptors (Lipinski definition) is 7. The van der Waals surface area contributed by atoms with Gasteiger partial charge in [-0.05, 0) is 46.8 Å². The van der Waals surface area contributed by atoms with Gasteiger partial charge >= 0.3 is 11.9 Å². The van der Waals surface area contributed by atoms with Crippen LogP contribution in [-0.2, 0) is 23.9 Å². The molecule has 0 saturated heterocycles. The first-order chi connectivity index (χ1) is 12.9. The van der Waals surface area contributed by atoms with Crippen LogP contribution < -0.4 is 0 Å². The number of carbonyl (C=O) groups is 3. The molecule has 2 rings (SSSR count). The lowest BCUT2D eigenvalue weighted by Gasteiger charge is -2.32. The van der Waals surface area contributed by atoms with Crippen molar-refractivity contribution in [2.45, 2.75) is 59.1 Å². The number of hydrogen-bond donors (Lipinski definition) is 0. The average molecular weight is 388 g/mol. The maximum Gasteiger partial charge on any atom is 0.315 e. The van der Waals surface area contributed by atoms with Crippen molar-refractivity contribution in [3.63, 3.8) is 0 Å². The molecule has 7 heteroatoms. The summed E-state index contributed by atoms with van der Waals surface area (Å²) in [6.07, 6.45) is 4.52. The minimum atomic E-state index is -1.38. The Bertz CT molecular complexity index is 799. The standard InChI is InChI=1S/C21H28N2O5/c1-12-16(13(2)23-14(3)17(12)19(26)27-7)18(25)21(9-8-10-22-21)11-15(24)28-20(4,5)6/h8-10,12,17H,11H2,1-7H3. The van der Waals surface area contributed by atoms with Crippen molar-refractivity contribution >= 4 is 29.6 Å². The summed E-state index contributed by atoms with van der Waals surface area (Å²) in [5.74, 6) is -2.41. The minimum absolute atomic E-state index is 0.217. The Labute approximate surface area is 165 Å². The van der Waals surface area contributed by atoms with E-state index in [1.807, 2.05) is 0 Å². The summed E-state index contributed by atoms with van der Waals surface area (Å²) in [5.41, 5.74) is -0.547. The highest BCUT2D eigenvalue weighted by molar-refractivity contribution is 6.12. The van der Waals surface area contributed by atoms with E-state index in [2.05, 4.69) is 9.98 Å². The molecule has 0 amide bonds. The van der Waals surface area contributed by atoms with Gasteiger partial charge in [0, 0.05) is 29.1 Å². The number of aliphatic imine (C=N–C) groups is 2. The lowest BCUT2D eigenvalue weighted by atomic mass is 9.74. The number of rotatable bonds is 5. The van der Waals surface area contributed by atoms with E-state index in [1.54, 1.807) is 53.7 Å². The molecule has 0 spiro atoms. The van der Waals surface area contributed by atoms with Crippen LogP contribution in [0.2, 0.25) is 0 Å². The summed E-state index contributed by atoms with van der Waals surface area (Å²) in [7, 11) is 1.31. The van der Waals surface area contributed by atoms with Crippen LogP contribution in [0.5, 0.6) is 0 Å². The van der Waals surface area contributed by atoms with Crippen LogP contribution in [0.15, 0.2) is 33.4 Å². The predicted octanol–water partition coefficient (Wildman–Crippen LogP) is 2.84. The van der Waals surface area contributed by atoms with Crippen molar-refractivity contribution in [3.05, 3.63) is 23.4 Å². The van der Waals surface area contributed by atoms with Crippen molar-refractivity contribution in [1.29, 1.82) is 0 Å². The van der Waals surface area contributed by atoms with Crippen LogP contribution >= 0.6 is 0 Å². The van der Waals surface area contributed by atoms with Crippen LogP contribution in [-0.4, -0.2) is 47.9 Å². The highest BCUT2D eigenvalue weighted by Gasteiger charge is 2.47. The van der Waals surface area contributed by atoms with Crippen molar-refractivity contribution in [1.82, 2.24) is 0 Å². The molecule has 2 aliphatic heterocycles. The summed E-state index contributed by atoms with van der Waals surface area (Å²) in [6.45, 7) is 10.6. The summed E-state index contributed by atoms with van der Waals surface area (Å²) < 4.78 is 10.3. The van der Waals surface area contributed by atoms with Gasteiger partial charge in [0.2, 0.25) is 0 Å². The van der Waals surface area contributed by atoms with Crippen molar-refractivity contribution in [2.24, 2.45) is 21.8 Å². The zero-order valence-corrected chi connectivity index (χ0v) is 17.5. The molecule has 0 aromatic rings. The normalized spacial score (nSPS) is 26.9. The monoisotopic (exact) mass is 388 g/mol. The van der Waals surface area contributed by atoms with Gasteiger partial charge in [0.15, 0.2) is 11.3 Å². The Balaban J connectivity index is 2.41. The number of carbonyl (C=O) groups excluding carboxylic acids is 3. The average Bonchev–Trinajstić information content (AvgIpc) is 3.01. The highest BCUT2D eigenvalue weighted by Crippen LogP contribution is 2.37. The second kappa shape index (κ2) is 7.81. The molecule has 0 fully saturated rings. The van der Waals surface area contributed by atoms with Gasteiger partial charge in [-0.1, -0.05) is 6.92 Å². The Kier molecular flexibility index (Phi) is 6.06. The SMILES string of the molecule is COC(=O)C1C(C)=NC(C)=C(C(=O)C2(CC(=O)OC(C)(C)C)C=CC=N2)C1C.